The molecule has 4 rings (SSSR count). The summed E-state index contributed by atoms with van der Waals surface area (Å²) < 4.78 is 60.8. The first-order valence-electron chi connectivity index (χ1n) is 14.7. The zero-order valence-corrected chi connectivity index (χ0v) is 25.5. The highest BCUT2D eigenvalue weighted by molar-refractivity contribution is 5.77. The Morgan fingerprint density at radius 3 is 2.56 bits per heavy atom. The van der Waals surface area contributed by atoms with Crippen molar-refractivity contribution in [3.8, 4) is 0 Å². The van der Waals surface area contributed by atoms with Gasteiger partial charge in [-0.1, -0.05) is 18.2 Å². The Labute approximate surface area is 250 Å². The molecule has 1 N–H and O–H groups in total. The minimum absolute atomic E-state index is 0.00982. The summed E-state index contributed by atoms with van der Waals surface area (Å²) in [6.07, 6.45) is 5.95. The number of hydrogen-bond acceptors (Lipinski definition) is 8. The number of hydrogen-bond donors (Lipinski definition) is 1. The minimum atomic E-state index is -4.85. The summed E-state index contributed by atoms with van der Waals surface area (Å²) in [5.41, 5.74) is 0.240. The molecule has 0 aromatic rings. The number of nitrogens with one attached hydrogen (secondary N) is 1. The molecule has 0 bridgehead atoms. The van der Waals surface area contributed by atoms with Crippen LogP contribution >= 0.6 is 0 Å². The molecule has 0 spiro atoms. The standard InChI is InChI=1S/C31H42F3N3O6/c1-7-41-28(38)26-25(21-10-8-9-18(2)27(21)40-6)22-16-20(42-31(32,33)34)11-12-23(22)37(26)17-19-13-14-35-24(15-19)36-29(39)43-30(3,4)5/h8-9,11-12,14,16,19,21-26H,7,10,13,15,17H2,1-6H3,(H,36,39). The van der Waals surface area contributed by atoms with Gasteiger partial charge in [0.15, 0.2) is 0 Å². The number of carbonyl (C=O) groups is 2. The SMILES string of the molecule is CCOC(=O)C1C(C2CC=CC(C)=C2OC)C2C=C(OC(F)(F)F)C=CC2N1CC1CC=NC(NC(=O)OC(C)(C)C)C1. The molecule has 0 saturated carbocycles. The van der Waals surface area contributed by atoms with Crippen LogP contribution in [0.5, 0.6) is 0 Å². The van der Waals surface area contributed by atoms with Gasteiger partial charge in [0.1, 0.15) is 29.3 Å². The molecule has 7 atom stereocenters. The van der Waals surface area contributed by atoms with Gasteiger partial charge in [0, 0.05) is 36.6 Å². The number of aliphatic imine (C=N–C) groups is 1. The summed E-state index contributed by atoms with van der Waals surface area (Å²) in [7, 11) is 1.57. The molecule has 1 saturated heterocycles. The van der Waals surface area contributed by atoms with Crippen LogP contribution in [-0.2, 0) is 23.7 Å². The number of methoxy groups -OCH3 is 1. The average Bonchev–Trinajstić information content (AvgIpc) is 3.19. The lowest BCUT2D eigenvalue weighted by molar-refractivity contribution is -0.303. The second-order valence-corrected chi connectivity index (χ2v) is 12.3. The molecule has 0 radical (unpaired) electrons. The molecule has 1 fully saturated rings. The fourth-order valence-corrected chi connectivity index (χ4v) is 6.71. The number of nitrogens with zero attached hydrogens (tertiary/aromatic N) is 2. The van der Waals surface area contributed by atoms with Gasteiger partial charge in [-0.25, -0.2) is 4.79 Å². The number of rotatable bonds is 8. The van der Waals surface area contributed by atoms with Gasteiger partial charge >= 0.3 is 18.4 Å². The number of fused-ring (bicyclic) bond motifs is 1. The maximum absolute atomic E-state index is 13.7. The van der Waals surface area contributed by atoms with Gasteiger partial charge in [-0.2, -0.15) is 0 Å². The number of allylic oxidation sites excluding steroid dienone is 5. The van der Waals surface area contributed by atoms with Crippen LogP contribution < -0.4 is 5.32 Å². The van der Waals surface area contributed by atoms with Crippen molar-refractivity contribution in [2.75, 3.05) is 20.3 Å². The fourth-order valence-electron chi connectivity index (χ4n) is 6.71. The third kappa shape index (κ3) is 8.01. The second kappa shape index (κ2) is 13.2. The number of esters is 1. The first-order chi connectivity index (χ1) is 20.2. The normalized spacial score (nSPS) is 30.9. The van der Waals surface area contributed by atoms with Gasteiger partial charge in [-0.05, 0) is 77.5 Å². The fraction of sp³-hybridized carbons (Fsp3) is 0.645. The van der Waals surface area contributed by atoms with E-state index in [-0.39, 0.29) is 30.2 Å². The van der Waals surface area contributed by atoms with E-state index in [9.17, 15) is 22.8 Å². The van der Waals surface area contributed by atoms with Crippen molar-refractivity contribution in [1.29, 1.82) is 0 Å². The monoisotopic (exact) mass is 609 g/mol. The van der Waals surface area contributed by atoms with Crippen molar-refractivity contribution in [3.05, 3.63) is 47.5 Å². The lowest BCUT2D eigenvalue weighted by Gasteiger charge is -2.36. The van der Waals surface area contributed by atoms with Gasteiger partial charge < -0.3 is 18.9 Å². The van der Waals surface area contributed by atoms with Gasteiger partial charge in [0.2, 0.25) is 0 Å². The summed E-state index contributed by atoms with van der Waals surface area (Å²) in [5.74, 6) is -1.26. The number of halogens is 3. The van der Waals surface area contributed by atoms with E-state index in [4.69, 9.17) is 14.2 Å². The van der Waals surface area contributed by atoms with E-state index in [1.807, 2.05) is 24.0 Å². The van der Waals surface area contributed by atoms with E-state index in [2.05, 4.69) is 15.0 Å². The van der Waals surface area contributed by atoms with E-state index >= 15 is 0 Å². The van der Waals surface area contributed by atoms with Crippen LogP contribution in [0.1, 0.15) is 53.9 Å². The largest absolute Gasteiger partial charge is 0.573 e. The third-order valence-electron chi connectivity index (χ3n) is 8.12. The first-order valence-corrected chi connectivity index (χ1v) is 14.7. The van der Waals surface area contributed by atoms with Crippen LogP contribution in [0, 0.1) is 23.7 Å². The maximum Gasteiger partial charge on any atom is 0.573 e. The predicted molar refractivity (Wildman–Crippen MR) is 154 cm³/mol. The van der Waals surface area contributed by atoms with Gasteiger partial charge in [-0.3, -0.25) is 20.0 Å². The second-order valence-electron chi connectivity index (χ2n) is 12.3. The molecular formula is C31H42F3N3O6. The number of ether oxygens (including phenoxy) is 4. The van der Waals surface area contributed by atoms with Crippen molar-refractivity contribution in [3.63, 3.8) is 0 Å². The lowest BCUT2D eigenvalue weighted by Crippen LogP contribution is -2.48. The smallest absolute Gasteiger partial charge is 0.501 e. The summed E-state index contributed by atoms with van der Waals surface area (Å²) >= 11 is 0. The maximum atomic E-state index is 13.7. The molecule has 9 nitrogen and oxygen atoms in total. The number of likely N-dealkylation sites (tertiary alicyclic amines) is 1. The molecule has 2 heterocycles. The Hall–Kier alpha value is -3.28. The van der Waals surface area contributed by atoms with E-state index < -0.39 is 48.1 Å². The molecule has 43 heavy (non-hydrogen) atoms. The Kier molecular flexibility index (Phi) is 9.98. The third-order valence-corrected chi connectivity index (χ3v) is 8.12. The Morgan fingerprint density at radius 2 is 1.91 bits per heavy atom. The molecule has 0 aromatic carbocycles. The Balaban J connectivity index is 1.67. The minimum Gasteiger partial charge on any atom is -0.501 e. The van der Waals surface area contributed by atoms with E-state index in [1.54, 1.807) is 47.1 Å². The molecular weight excluding hydrogens is 567 g/mol. The lowest BCUT2D eigenvalue weighted by atomic mass is 9.72. The van der Waals surface area contributed by atoms with E-state index in [0.717, 1.165) is 5.57 Å². The highest BCUT2D eigenvalue weighted by Crippen LogP contribution is 2.49. The van der Waals surface area contributed by atoms with Crippen molar-refractivity contribution in [1.82, 2.24) is 10.2 Å². The Morgan fingerprint density at radius 1 is 1.16 bits per heavy atom. The first kappa shape index (κ1) is 32.6. The zero-order valence-electron chi connectivity index (χ0n) is 25.5. The van der Waals surface area contributed by atoms with Gasteiger partial charge in [0.05, 0.1) is 13.7 Å². The molecule has 1 amide bonds. The summed E-state index contributed by atoms with van der Waals surface area (Å²) in [6, 6.07) is -1.15. The number of alkyl halides is 3. The van der Waals surface area contributed by atoms with Gasteiger partial charge in [0.25, 0.3) is 0 Å². The topological polar surface area (TPSA) is 98.7 Å². The predicted octanol–water partition coefficient (Wildman–Crippen LogP) is 5.65. The van der Waals surface area contributed by atoms with Crippen LogP contribution in [0.25, 0.3) is 0 Å². The molecule has 12 heteroatoms. The zero-order chi connectivity index (χ0) is 31.5. The number of carbonyl (C=O) groups excluding carboxylic acids is 2. The molecule has 238 valence electrons. The number of alkyl carbamates (subject to hydrolysis) is 1. The summed E-state index contributed by atoms with van der Waals surface area (Å²) in [6.45, 7) is 9.57. The summed E-state index contributed by atoms with van der Waals surface area (Å²) in [5, 5.41) is 2.80. The average molecular weight is 610 g/mol. The summed E-state index contributed by atoms with van der Waals surface area (Å²) in [4.78, 5) is 32.6. The molecule has 0 aromatic heterocycles. The van der Waals surface area contributed by atoms with Crippen molar-refractivity contribution < 1.29 is 41.7 Å². The van der Waals surface area contributed by atoms with Crippen molar-refractivity contribution in [2.24, 2.45) is 28.7 Å². The van der Waals surface area contributed by atoms with E-state index in [1.165, 1.54) is 12.2 Å². The van der Waals surface area contributed by atoms with Crippen LogP contribution in [0.15, 0.2) is 52.5 Å². The van der Waals surface area contributed by atoms with Crippen LogP contribution in [0.3, 0.4) is 0 Å². The highest BCUT2D eigenvalue weighted by Gasteiger charge is 2.56. The molecule has 2 aliphatic heterocycles. The highest BCUT2D eigenvalue weighted by atomic mass is 19.4. The van der Waals surface area contributed by atoms with Crippen LogP contribution in [0.4, 0.5) is 18.0 Å². The van der Waals surface area contributed by atoms with Crippen LogP contribution in [0.2, 0.25) is 0 Å². The quantitative estimate of drug-likeness (QED) is 0.355. The van der Waals surface area contributed by atoms with Gasteiger partial charge in [-0.15, -0.1) is 13.2 Å². The van der Waals surface area contributed by atoms with E-state index in [0.29, 0.717) is 31.6 Å². The molecule has 7 unspecified atom stereocenters. The Bertz CT molecular complexity index is 1200. The van der Waals surface area contributed by atoms with Crippen LogP contribution in [-0.4, -0.2) is 73.7 Å². The van der Waals surface area contributed by atoms with Crippen molar-refractivity contribution >= 4 is 18.3 Å². The number of amides is 1. The van der Waals surface area contributed by atoms with Crippen molar-refractivity contribution in [2.45, 2.75) is 84.1 Å². The molecule has 4 aliphatic rings. The molecule has 2 aliphatic carbocycles.